The number of ether oxygens (including phenoxy) is 1. The fourth-order valence-electron chi connectivity index (χ4n) is 2.42. The van der Waals surface area contributed by atoms with Crippen molar-refractivity contribution in [1.29, 1.82) is 0 Å². The molecule has 0 amide bonds. The molecule has 0 spiro atoms. The number of hydrogen-bond donors (Lipinski definition) is 0. The largest absolute Gasteiger partial charge is 0.494 e. The average molecular weight is 246 g/mol. The smallest absolute Gasteiger partial charge is 0.119 e. The van der Waals surface area contributed by atoms with Crippen LogP contribution in [0, 0.1) is 5.41 Å². The molecule has 1 aromatic carbocycles. The van der Waals surface area contributed by atoms with Crippen LogP contribution in [0.15, 0.2) is 18.2 Å². The van der Waals surface area contributed by atoms with Gasteiger partial charge in [-0.05, 0) is 60.8 Å². The summed E-state index contributed by atoms with van der Waals surface area (Å²) in [5, 5.41) is 0. The fourth-order valence-corrected chi connectivity index (χ4v) is 2.42. The Labute approximate surface area is 112 Å². The standard InChI is InChI=1S/C17H26O/c1-4-17(2,3)11-12-18-16-10-9-14-7-5-6-8-15(14)13-16/h9-10,13H,4-8,11-12H2,1-3H3. The van der Waals surface area contributed by atoms with Crippen LogP contribution in [0.1, 0.15) is 57.6 Å². The maximum atomic E-state index is 5.91. The second-order valence-electron chi connectivity index (χ2n) is 6.25. The molecule has 1 aliphatic carbocycles. The van der Waals surface area contributed by atoms with Gasteiger partial charge in [0, 0.05) is 0 Å². The van der Waals surface area contributed by atoms with Gasteiger partial charge in [0.1, 0.15) is 5.75 Å². The van der Waals surface area contributed by atoms with Gasteiger partial charge in [0.15, 0.2) is 0 Å². The van der Waals surface area contributed by atoms with Crippen LogP contribution in [0.4, 0.5) is 0 Å². The summed E-state index contributed by atoms with van der Waals surface area (Å²) in [6.07, 6.45) is 7.49. The molecule has 0 saturated heterocycles. The van der Waals surface area contributed by atoms with Crippen molar-refractivity contribution in [2.45, 2.75) is 59.3 Å². The van der Waals surface area contributed by atoms with Crippen molar-refractivity contribution in [2.75, 3.05) is 6.61 Å². The lowest BCUT2D eigenvalue weighted by Gasteiger charge is -2.23. The van der Waals surface area contributed by atoms with Crippen molar-refractivity contribution in [3.63, 3.8) is 0 Å². The van der Waals surface area contributed by atoms with Crippen molar-refractivity contribution in [3.8, 4) is 5.75 Å². The minimum Gasteiger partial charge on any atom is -0.494 e. The fraction of sp³-hybridized carbons (Fsp3) is 0.647. The predicted molar refractivity (Wildman–Crippen MR) is 77.3 cm³/mol. The van der Waals surface area contributed by atoms with Crippen LogP contribution in [-0.2, 0) is 12.8 Å². The first-order valence-corrected chi connectivity index (χ1v) is 7.35. The molecule has 2 rings (SSSR count). The van der Waals surface area contributed by atoms with Crippen molar-refractivity contribution in [2.24, 2.45) is 5.41 Å². The van der Waals surface area contributed by atoms with E-state index >= 15 is 0 Å². The number of benzene rings is 1. The van der Waals surface area contributed by atoms with E-state index in [9.17, 15) is 0 Å². The van der Waals surface area contributed by atoms with Gasteiger partial charge in [0.25, 0.3) is 0 Å². The van der Waals surface area contributed by atoms with E-state index in [1.165, 1.54) is 43.2 Å². The molecule has 1 nitrogen and oxygen atoms in total. The quantitative estimate of drug-likeness (QED) is 0.727. The van der Waals surface area contributed by atoms with Crippen molar-refractivity contribution in [3.05, 3.63) is 29.3 Å². The normalized spacial score (nSPS) is 15.3. The highest BCUT2D eigenvalue weighted by molar-refractivity contribution is 5.37. The monoisotopic (exact) mass is 246 g/mol. The topological polar surface area (TPSA) is 9.23 Å². The Morgan fingerprint density at radius 1 is 1.11 bits per heavy atom. The first-order chi connectivity index (χ1) is 8.61. The van der Waals surface area contributed by atoms with Crippen LogP contribution in [0.5, 0.6) is 5.75 Å². The molecule has 0 unspecified atom stereocenters. The number of rotatable bonds is 5. The maximum Gasteiger partial charge on any atom is 0.119 e. The van der Waals surface area contributed by atoms with E-state index in [1.807, 2.05) is 0 Å². The lowest BCUT2D eigenvalue weighted by atomic mass is 9.87. The summed E-state index contributed by atoms with van der Waals surface area (Å²) in [6, 6.07) is 6.66. The highest BCUT2D eigenvalue weighted by atomic mass is 16.5. The zero-order valence-electron chi connectivity index (χ0n) is 12.1. The minimum absolute atomic E-state index is 0.397. The van der Waals surface area contributed by atoms with Gasteiger partial charge in [-0.3, -0.25) is 0 Å². The maximum absolute atomic E-state index is 5.91. The molecule has 1 heteroatoms. The van der Waals surface area contributed by atoms with Crippen LogP contribution in [-0.4, -0.2) is 6.61 Å². The van der Waals surface area contributed by atoms with Gasteiger partial charge >= 0.3 is 0 Å². The highest BCUT2D eigenvalue weighted by Crippen LogP contribution is 2.27. The molecule has 0 radical (unpaired) electrons. The van der Waals surface area contributed by atoms with E-state index in [0.29, 0.717) is 5.41 Å². The van der Waals surface area contributed by atoms with Gasteiger partial charge < -0.3 is 4.74 Å². The molecular formula is C17H26O. The highest BCUT2D eigenvalue weighted by Gasteiger charge is 2.15. The van der Waals surface area contributed by atoms with Gasteiger partial charge in [0.2, 0.25) is 0 Å². The summed E-state index contributed by atoms with van der Waals surface area (Å²) in [6.45, 7) is 7.70. The summed E-state index contributed by atoms with van der Waals surface area (Å²) in [5.74, 6) is 1.06. The van der Waals surface area contributed by atoms with Crippen LogP contribution in [0.3, 0.4) is 0 Å². The Kier molecular flexibility index (Phi) is 4.31. The van der Waals surface area contributed by atoms with E-state index < -0.39 is 0 Å². The number of hydrogen-bond acceptors (Lipinski definition) is 1. The second-order valence-corrected chi connectivity index (χ2v) is 6.25. The van der Waals surface area contributed by atoms with E-state index in [1.54, 1.807) is 0 Å². The molecule has 0 aromatic heterocycles. The molecule has 0 heterocycles. The average Bonchev–Trinajstić information content (AvgIpc) is 2.38. The molecule has 0 bridgehead atoms. The summed E-state index contributed by atoms with van der Waals surface area (Å²) >= 11 is 0. The van der Waals surface area contributed by atoms with E-state index in [2.05, 4.69) is 39.0 Å². The number of aryl methyl sites for hydroxylation is 2. The molecule has 1 aromatic rings. The number of fused-ring (bicyclic) bond motifs is 1. The molecule has 100 valence electrons. The third-order valence-corrected chi connectivity index (χ3v) is 4.32. The lowest BCUT2D eigenvalue weighted by Crippen LogP contribution is -2.14. The van der Waals surface area contributed by atoms with Gasteiger partial charge in [0.05, 0.1) is 6.61 Å². The van der Waals surface area contributed by atoms with Crippen LogP contribution >= 0.6 is 0 Å². The van der Waals surface area contributed by atoms with Crippen LogP contribution < -0.4 is 4.74 Å². The third kappa shape index (κ3) is 3.51. The van der Waals surface area contributed by atoms with Gasteiger partial charge in [-0.25, -0.2) is 0 Å². The Morgan fingerprint density at radius 2 is 1.83 bits per heavy atom. The SMILES string of the molecule is CCC(C)(C)CCOc1ccc2c(c1)CCCC2. The Bertz CT molecular complexity index is 393. The van der Waals surface area contributed by atoms with Crippen LogP contribution in [0.25, 0.3) is 0 Å². The first kappa shape index (κ1) is 13.5. The van der Waals surface area contributed by atoms with Crippen LogP contribution in [0.2, 0.25) is 0 Å². The van der Waals surface area contributed by atoms with Crippen molar-refractivity contribution in [1.82, 2.24) is 0 Å². The van der Waals surface area contributed by atoms with E-state index in [-0.39, 0.29) is 0 Å². The zero-order valence-corrected chi connectivity index (χ0v) is 12.1. The molecule has 0 saturated carbocycles. The molecule has 0 atom stereocenters. The zero-order chi connectivity index (χ0) is 13.0. The van der Waals surface area contributed by atoms with Gasteiger partial charge in [-0.1, -0.05) is 33.3 Å². The minimum atomic E-state index is 0.397. The summed E-state index contributed by atoms with van der Waals surface area (Å²) in [4.78, 5) is 0. The third-order valence-electron chi connectivity index (χ3n) is 4.32. The van der Waals surface area contributed by atoms with Crippen molar-refractivity contribution >= 4 is 0 Å². The lowest BCUT2D eigenvalue weighted by molar-refractivity contribution is 0.223. The Morgan fingerprint density at radius 3 is 2.56 bits per heavy atom. The van der Waals surface area contributed by atoms with E-state index in [0.717, 1.165) is 18.8 Å². The summed E-state index contributed by atoms with van der Waals surface area (Å²) in [7, 11) is 0. The first-order valence-electron chi connectivity index (χ1n) is 7.35. The summed E-state index contributed by atoms with van der Waals surface area (Å²) in [5.41, 5.74) is 3.43. The predicted octanol–water partition coefficient (Wildman–Crippen LogP) is 4.77. The molecule has 18 heavy (non-hydrogen) atoms. The Balaban J connectivity index is 1.90. The van der Waals surface area contributed by atoms with Crippen molar-refractivity contribution < 1.29 is 4.74 Å². The van der Waals surface area contributed by atoms with E-state index in [4.69, 9.17) is 4.74 Å². The molecular weight excluding hydrogens is 220 g/mol. The second kappa shape index (κ2) is 5.77. The molecule has 1 aliphatic rings. The Hall–Kier alpha value is -0.980. The van der Waals surface area contributed by atoms with Gasteiger partial charge in [-0.15, -0.1) is 0 Å². The molecule has 0 aliphatic heterocycles. The van der Waals surface area contributed by atoms with Gasteiger partial charge in [-0.2, -0.15) is 0 Å². The molecule has 0 N–H and O–H groups in total. The molecule has 0 fully saturated rings. The summed E-state index contributed by atoms with van der Waals surface area (Å²) < 4.78 is 5.91.